The van der Waals surface area contributed by atoms with E-state index < -0.39 is 0 Å². The van der Waals surface area contributed by atoms with Crippen LogP contribution in [-0.4, -0.2) is 4.57 Å². The minimum absolute atomic E-state index is 1.31. The highest BCUT2D eigenvalue weighted by atomic mass is 14.9. The number of aryl methyl sites for hydroxylation is 4. The molecule has 0 aliphatic rings. The molecule has 0 unspecified atom stereocenters. The van der Waals surface area contributed by atoms with Crippen molar-refractivity contribution in [2.45, 2.75) is 20.8 Å². The van der Waals surface area contributed by atoms with E-state index in [4.69, 9.17) is 0 Å². The zero-order valence-electron chi connectivity index (χ0n) is 15.1. The Morgan fingerprint density at radius 1 is 0.600 bits per heavy atom. The highest BCUT2D eigenvalue weighted by Gasteiger charge is 2.12. The van der Waals surface area contributed by atoms with E-state index in [1.54, 1.807) is 0 Å². The van der Waals surface area contributed by atoms with E-state index in [1.165, 1.54) is 60.0 Å². The Bertz CT molecular complexity index is 1320. The number of fused-ring (bicyclic) bond motifs is 6. The average Bonchev–Trinajstić information content (AvgIpc) is 2.89. The minimum Gasteiger partial charge on any atom is -0.348 e. The number of aromatic nitrogens is 1. The van der Waals surface area contributed by atoms with Gasteiger partial charge >= 0.3 is 0 Å². The fourth-order valence-corrected chi connectivity index (χ4v) is 4.30. The zero-order valence-corrected chi connectivity index (χ0v) is 15.1. The molecule has 0 saturated carbocycles. The van der Waals surface area contributed by atoms with Crippen molar-refractivity contribution in [3.05, 3.63) is 71.4 Å². The van der Waals surface area contributed by atoms with Crippen LogP contribution in [0.15, 0.2) is 54.6 Å². The molecule has 0 saturated heterocycles. The van der Waals surface area contributed by atoms with Gasteiger partial charge in [-0.15, -0.1) is 0 Å². The van der Waals surface area contributed by atoms with E-state index in [-0.39, 0.29) is 0 Å². The van der Waals surface area contributed by atoms with E-state index in [0.717, 1.165) is 0 Å². The third kappa shape index (κ3) is 1.96. The molecule has 0 amide bonds. The van der Waals surface area contributed by atoms with Crippen molar-refractivity contribution in [3.63, 3.8) is 0 Å². The summed E-state index contributed by atoms with van der Waals surface area (Å²) in [5.41, 5.74) is 5.31. The van der Waals surface area contributed by atoms with Gasteiger partial charge in [-0.25, -0.2) is 0 Å². The monoisotopic (exact) mass is 323 g/mol. The van der Waals surface area contributed by atoms with Crippen LogP contribution in [0, 0.1) is 20.8 Å². The summed E-state index contributed by atoms with van der Waals surface area (Å²) in [5.74, 6) is 0. The van der Waals surface area contributed by atoms with Crippen LogP contribution in [0.3, 0.4) is 0 Å². The maximum atomic E-state index is 2.36. The molecule has 25 heavy (non-hydrogen) atoms. The van der Waals surface area contributed by atoms with Crippen LogP contribution in [0.25, 0.3) is 43.2 Å². The molecule has 1 heteroatoms. The molecule has 122 valence electrons. The van der Waals surface area contributed by atoms with Gasteiger partial charge in [-0.1, -0.05) is 35.9 Å². The summed E-state index contributed by atoms with van der Waals surface area (Å²) < 4.78 is 2.30. The summed E-state index contributed by atoms with van der Waals surface area (Å²) in [5, 5.41) is 9.37. The first kappa shape index (κ1) is 14.5. The van der Waals surface area contributed by atoms with E-state index >= 15 is 0 Å². The lowest BCUT2D eigenvalue weighted by Gasteiger charge is -2.11. The maximum absolute atomic E-state index is 2.36. The molecule has 1 aromatic heterocycles. The molecular weight excluding hydrogens is 302 g/mol. The average molecular weight is 323 g/mol. The summed E-state index contributed by atoms with van der Waals surface area (Å²) in [6.07, 6.45) is 0. The van der Waals surface area contributed by atoms with Crippen LogP contribution >= 0.6 is 0 Å². The van der Waals surface area contributed by atoms with E-state index in [9.17, 15) is 0 Å². The van der Waals surface area contributed by atoms with Crippen LogP contribution in [0.1, 0.15) is 16.8 Å². The first-order chi connectivity index (χ1) is 12.0. The summed E-state index contributed by atoms with van der Waals surface area (Å²) >= 11 is 0. The number of rotatable bonds is 0. The number of hydrogen-bond acceptors (Lipinski definition) is 0. The Morgan fingerprint density at radius 2 is 1.40 bits per heavy atom. The lowest BCUT2D eigenvalue weighted by atomic mass is 9.95. The summed E-state index contributed by atoms with van der Waals surface area (Å²) in [7, 11) is 2.16. The standard InChI is InChI=1S/C24H21N/c1-14-5-6-17-13-21-18(12-19(17)9-14)7-8-20-22(21)10-15(2)24-23(20)11-16(3)25(24)4/h5-13H,1-4H3. The highest BCUT2D eigenvalue weighted by Crippen LogP contribution is 2.36. The van der Waals surface area contributed by atoms with E-state index in [0.29, 0.717) is 0 Å². The zero-order chi connectivity index (χ0) is 17.3. The van der Waals surface area contributed by atoms with Gasteiger partial charge in [0, 0.05) is 18.1 Å². The molecule has 0 aliphatic carbocycles. The second-order valence-electron chi connectivity index (χ2n) is 7.39. The van der Waals surface area contributed by atoms with Crippen LogP contribution in [0.2, 0.25) is 0 Å². The fraction of sp³-hybridized carbons (Fsp3) is 0.167. The van der Waals surface area contributed by atoms with Crippen molar-refractivity contribution in [1.82, 2.24) is 4.57 Å². The van der Waals surface area contributed by atoms with Gasteiger partial charge in [0.25, 0.3) is 0 Å². The molecule has 0 aliphatic heterocycles. The van der Waals surface area contributed by atoms with Gasteiger partial charge in [-0.3, -0.25) is 0 Å². The SMILES string of the molecule is Cc1ccc2cc3c(ccc4c3cc(C)c3c4cc(C)n3C)cc2c1. The Hall–Kier alpha value is -2.80. The molecule has 0 spiro atoms. The molecule has 0 N–H and O–H groups in total. The molecule has 0 atom stereocenters. The molecule has 0 radical (unpaired) electrons. The van der Waals surface area contributed by atoms with Crippen molar-refractivity contribution >= 4 is 43.2 Å². The fourth-order valence-electron chi connectivity index (χ4n) is 4.30. The van der Waals surface area contributed by atoms with Crippen LogP contribution in [-0.2, 0) is 7.05 Å². The van der Waals surface area contributed by atoms with Crippen molar-refractivity contribution < 1.29 is 0 Å². The normalized spacial score (nSPS) is 12.0. The molecule has 0 bridgehead atoms. The summed E-state index contributed by atoms with van der Waals surface area (Å²) in [6, 6.07) is 20.6. The number of nitrogens with zero attached hydrogens (tertiary/aromatic N) is 1. The van der Waals surface area contributed by atoms with Gasteiger partial charge in [0.15, 0.2) is 0 Å². The Kier molecular flexibility index (Phi) is 2.82. The van der Waals surface area contributed by atoms with E-state index in [2.05, 4.69) is 87.0 Å². The molecule has 0 fully saturated rings. The van der Waals surface area contributed by atoms with Gasteiger partial charge in [0.1, 0.15) is 0 Å². The molecule has 1 heterocycles. The summed E-state index contributed by atoms with van der Waals surface area (Å²) in [4.78, 5) is 0. The lowest BCUT2D eigenvalue weighted by Crippen LogP contribution is -1.92. The second-order valence-corrected chi connectivity index (χ2v) is 7.39. The first-order valence-electron chi connectivity index (χ1n) is 8.85. The predicted octanol–water partition coefficient (Wildman–Crippen LogP) is 6.56. The largest absolute Gasteiger partial charge is 0.348 e. The Labute approximate surface area is 147 Å². The highest BCUT2D eigenvalue weighted by molar-refractivity contribution is 6.19. The van der Waals surface area contributed by atoms with Gasteiger partial charge in [0.2, 0.25) is 0 Å². The second kappa shape index (κ2) is 4.86. The summed E-state index contributed by atoms with van der Waals surface area (Å²) in [6.45, 7) is 6.56. The van der Waals surface area contributed by atoms with Gasteiger partial charge in [-0.05, 0) is 82.9 Å². The molecule has 4 aromatic carbocycles. The molecular formula is C24H21N. The van der Waals surface area contributed by atoms with Crippen LogP contribution < -0.4 is 0 Å². The first-order valence-corrected chi connectivity index (χ1v) is 8.85. The smallest absolute Gasteiger partial charge is 0.0516 e. The van der Waals surface area contributed by atoms with Gasteiger partial charge in [-0.2, -0.15) is 0 Å². The predicted molar refractivity (Wildman–Crippen MR) is 110 cm³/mol. The third-order valence-electron chi connectivity index (χ3n) is 5.67. The minimum atomic E-state index is 1.31. The molecule has 5 rings (SSSR count). The quantitative estimate of drug-likeness (QED) is 0.224. The molecule has 1 nitrogen and oxygen atoms in total. The van der Waals surface area contributed by atoms with Crippen molar-refractivity contribution in [1.29, 1.82) is 0 Å². The van der Waals surface area contributed by atoms with Crippen molar-refractivity contribution in [2.75, 3.05) is 0 Å². The van der Waals surface area contributed by atoms with Crippen LogP contribution in [0.4, 0.5) is 0 Å². The lowest BCUT2D eigenvalue weighted by molar-refractivity contribution is 0.915. The maximum Gasteiger partial charge on any atom is 0.0516 e. The van der Waals surface area contributed by atoms with E-state index in [1.807, 2.05) is 0 Å². The third-order valence-corrected chi connectivity index (χ3v) is 5.67. The Morgan fingerprint density at radius 3 is 2.24 bits per heavy atom. The van der Waals surface area contributed by atoms with Gasteiger partial charge in [0.05, 0.1) is 5.52 Å². The molecule has 5 aromatic rings. The van der Waals surface area contributed by atoms with Gasteiger partial charge < -0.3 is 4.57 Å². The topological polar surface area (TPSA) is 4.93 Å². The number of hydrogen-bond donors (Lipinski definition) is 0. The Balaban J connectivity index is 2.00. The van der Waals surface area contributed by atoms with Crippen LogP contribution in [0.5, 0.6) is 0 Å². The van der Waals surface area contributed by atoms with Crippen molar-refractivity contribution in [3.8, 4) is 0 Å². The van der Waals surface area contributed by atoms with Crippen molar-refractivity contribution in [2.24, 2.45) is 7.05 Å². The number of benzene rings is 4.